The first kappa shape index (κ1) is 16.2. The number of hydrogen-bond donors (Lipinski definition) is 0. The predicted molar refractivity (Wildman–Crippen MR) is 88.9 cm³/mol. The molecule has 3 rings (SSSR count). The van der Waals surface area contributed by atoms with E-state index in [4.69, 9.17) is 14.1 Å². The topological polar surface area (TPSA) is 57.1 Å². The number of ketones is 1. The van der Waals surface area contributed by atoms with E-state index in [2.05, 4.69) is 5.16 Å². The summed E-state index contributed by atoms with van der Waals surface area (Å²) in [7, 11) is -0.467. The Morgan fingerprint density at radius 3 is 2.13 bits per heavy atom. The molecule has 0 radical (unpaired) electrons. The van der Waals surface area contributed by atoms with Crippen LogP contribution < -0.4 is 5.46 Å². The van der Waals surface area contributed by atoms with Crippen molar-refractivity contribution < 1.29 is 18.9 Å². The molecule has 0 aromatic heterocycles. The maximum absolute atomic E-state index is 12.3. The Morgan fingerprint density at radius 1 is 1.00 bits per heavy atom. The average molecular weight is 315 g/mol. The summed E-state index contributed by atoms with van der Waals surface area (Å²) in [6.45, 7) is 11.5. The molecule has 6 heteroatoms. The van der Waals surface area contributed by atoms with Crippen molar-refractivity contribution in [3.63, 3.8) is 0 Å². The Balaban J connectivity index is 1.90. The summed E-state index contributed by atoms with van der Waals surface area (Å²) in [6, 6.07) is 7.52. The number of carbonyl (C=O) groups is 1. The Kier molecular flexibility index (Phi) is 3.47. The first-order valence-electron chi connectivity index (χ1n) is 7.80. The zero-order valence-corrected chi connectivity index (χ0v) is 14.5. The van der Waals surface area contributed by atoms with Gasteiger partial charge in [0.1, 0.15) is 0 Å². The number of Topliss-reactive ketones (excluding diaryl/α,β-unsaturated/α-hetero) is 1. The van der Waals surface area contributed by atoms with Crippen molar-refractivity contribution in [3.8, 4) is 0 Å². The predicted octanol–water partition coefficient (Wildman–Crippen LogP) is 2.07. The van der Waals surface area contributed by atoms with E-state index in [0.717, 1.165) is 5.46 Å². The number of nitrogens with zero attached hydrogens (tertiary/aromatic N) is 1. The molecule has 1 saturated heterocycles. The molecule has 0 bridgehead atoms. The van der Waals surface area contributed by atoms with Crippen LogP contribution in [0.5, 0.6) is 0 Å². The van der Waals surface area contributed by atoms with E-state index in [9.17, 15) is 4.79 Å². The molecule has 0 N–H and O–H groups in total. The molecule has 0 spiro atoms. The molecule has 5 nitrogen and oxygen atoms in total. The summed E-state index contributed by atoms with van der Waals surface area (Å²) in [5.74, 6) is -0.122. The zero-order valence-electron chi connectivity index (χ0n) is 14.5. The van der Waals surface area contributed by atoms with E-state index in [1.807, 2.05) is 52.0 Å². The lowest BCUT2D eigenvalue weighted by Gasteiger charge is -2.32. The summed E-state index contributed by atoms with van der Waals surface area (Å²) in [5.41, 5.74) is 0.205. The Labute approximate surface area is 137 Å². The van der Waals surface area contributed by atoms with Crippen molar-refractivity contribution in [3.05, 3.63) is 29.8 Å². The van der Waals surface area contributed by atoms with Gasteiger partial charge < -0.3 is 14.1 Å². The minimum atomic E-state index is -0.907. The van der Waals surface area contributed by atoms with Gasteiger partial charge in [0.2, 0.25) is 5.78 Å². The molecular formula is C17H22BNO4. The fourth-order valence-electron chi connectivity index (χ4n) is 2.52. The minimum Gasteiger partial charge on any atom is -0.399 e. The smallest absolute Gasteiger partial charge is 0.399 e. The van der Waals surface area contributed by atoms with Gasteiger partial charge in [0, 0.05) is 5.56 Å². The average Bonchev–Trinajstić information content (AvgIpc) is 2.84. The van der Waals surface area contributed by atoms with Gasteiger partial charge in [-0.25, -0.2) is 0 Å². The van der Waals surface area contributed by atoms with Crippen LogP contribution in [0.1, 0.15) is 47.1 Å². The highest BCUT2D eigenvalue weighted by atomic mass is 16.7. The van der Waals surface area contributed by atoms with Crippen LogP contribution in [0.4, 0.5) is 0 Å². The maximum atomic E-state index is 12.3. The molecule has 1 aromatic carbocycles. The van der Waals surface area contributed by atoms with Gasteiger partial charge in [-0.15, -0.1) is 0 Å². The molecule has 2 aliphatic heterocycles. The third-order valence-corrected chi connectivity index (χ3v) is 4.81. The Morgan fingerprint density at radius 2 is 1.61 bits per heavy atom. The maximum Gasteiger partial charge on any atom is 0.494 e. The SMILES string of the molecule is CC1(C)ON=C(c2cccc(B3OC(C)(C)C(C)(C)O3)c2)C1=O. The van der Waals surface area contributed by atoms with Crippen molar-refractivity contribution in [1.82, 2.24) is 0 Å². The van der Waals surface area contributed by atoms with E-state index in [1.165, 1.54) is 0 Å². The Bertz CT molecular complexity index is 678. The highest BCUT2D eigenvalue weighted by Crippen LogP contribution is 2.36. The standard InChI is InChI=1S/C17H22BNO4/c1-15(2)14(20)13(19-23-15)11-8-7-9-12(10-11)18-21-16(3,4)17(5,6)22-18/h7-10H,1-6H3. The summed E-state index contributed by atoms with van der Waals surface area (Å²) >= 11 is 0. The first-order valence-corrected chi connectivity index (χ1v) is 7.80. The molecule has 0 aliphatic carbocycles. The first-order chi connectivity index (χ1) is 10.5. The van der Waals surface area contributed by atoms with Gasteiger partial charge in [-0.1, -0.05) is 29.4 Å². The van der Waals surface area contributed by atoms with Crippen LogP contribution in [0.25, 0.3) is 0 Å². The van der Waals surface area contributed by atoms with Gasteiger partial charge >= 0.3 is 7.12 Å². The summed E-state index contributed by atoms with van der Waals surface area (Å²) in [5, 5.41) is 3.95. The van der Waals surface area contributed by atoms with Crippen LogP contribution in [0.2, 0.25) is 0 Å². The van der Waals surface area contributed by atoms with E-state index in [-0.39, 0.29) is 5.78 Å². The molecule has 122 valence electrons. The van der Waals surface area contributed by atoms with Gasteiger partial charge in [0.05, 0.1) is 11.2 Å². The van der Waals surface area contributed by atoms with Crippen LogP contribution in [-0.2, 0) is 18.9 Å². The van der Waals surface area contributed by atoms with Crippen molar-refractivity contribution >= 4 is 24.1 Å². The van der Waals surface area contributed by atoms with Crippen molar-refractivity contribution in [2.24, 2.45) is 5.16 Å². The number of carbonyl (C=O) groups excluding carboxylic acids is 1. The van der Waals surface area contributed by atoms with Crippen LogP contribution >= 0.6 is 0 Å². The largest absolute Gasteiger partial charge is 0.494 e. The van der Waals surface area contributed by atoms with Gasteiger partial charge in [-0.05, 0) is 47.0 Å². The van der Waals surface area contributed by atoms with Gasteiger partial charge in [0.25, 0.3) is 0 Å². The van der Waals surface area contributed by atoms with Crippen LogP contribution in [-0.4, -0.2) is 35.4 Å². The lowest BCUT2D eigenvalue weighted by Crippen LogP contribution is -2.41. The quantitative estimate of drug-likeness (QED) is 0.784. The third kappa shape index (κ3) is 2.60. The molecule has 23 heavy (non-hydrogen) atoms. The molecule has 0 atom stereocenters. The monoisotopic (exact) mass is 315 g/mol. The fourth-order valence-corrected chi connectivity index (χ4v) is 2.52. The number of oxime groups is 1. The molecule has 2 heterocycles. The van der Waals surface area contributed by atoms with Crippen LogP contribution in [0, 0.1) is 0 Å². The summed E-state index contributed by atoms with van der Waals surface area (Å²) in [6.07, 6.45) is 0. The second kappa shape index (κ2) is 4.92. The fraction of sp³-hybridized carbons (Fsp3) is 0.529. The number of hydrogen-bond acceptors (Lipinski definition) is 5. The van der Waals surface area contributed by atoms with Crippen LogP contribution in [0.3, 0.4) is 0 Å². The lowest BCUT2D eigenvalue weighted by molar-refractivity contribution is -0.128. The van der Waals surface area contributed by atoms with E-state index < -0.39 is 23.9 Å². The summed E-state index contributed by atoms with van der Waals surface area (Å²) in [4.78, 5) is 17.6. The third-order valence-electron chi connectivity index (χ3n) is 4.81. The second-order valence-corrected chi connectivity index (χ2v) is 7.58. The normalized spacial score (nSPS) is 24.5. The van der Waals surface area contributed by atoms with E-state index in [1.54, 1.807) is 13.8 Å². The lowest BCUT2D eigenvalue weighted by atomic mass is 9.78. The molecular weight excluding hydrogens is 293 g/mol. The Hall–Kier alpha value is -1.66. The molecule has 1 aromatic rings. The van der Waals surface area contributed by atoms with Crippen molar-refractivity contribution in [2.45, 2.75) is 58.3 Å². The summed E-state index contributed by atoms with van der Waals surface area (Å²) < 4.78 is 12.1. The van der Waals surface area contributed by atoms with Crippen molar-refractivity contribution in [1.29, 1.82) is 0 Å². The van der Waals surface area contributed by atoms with Crippen LogP contribution in [0.15, 0.2) is 29.4 Å². The van der Waals surface area contributed by atoms with Gasteiger partial charge in [-0.3, -0.25) is 4.79 Å². The molecule has 1 fully saturated rings. The van der Waals surface area contributed by atoms with E-state index in [0.29, 0.717) is 11.3 Å². The van der Waals surface area contributed by atoms with Gasteiger partial charge in [0.15, 0.2) is 11.3 Å². The minimum absolute atomic E-state index is 0.122. The molecule has 0 unspecified atom stereocenters. The van der Waals surface area contributed by atoms with Gasteiger partial charge in [-0.2, -0.15) is 0 Å². The highest BCUT2D eigenvalue weighted by Gasteiger charge is 2.51. The highest BCUT2D eigenvalue weighted by molar-refractivity contribution is 6.62. The zero-order chi connectivity index (χ0) is 17.0. The van der Waals surface area contributed by atoms with Crippen molar-refractivity contribution in [2.75, 3.05) is 0 Å². The second-order valence-electron chi connectivity index (χ2n) is 7.58. The molecule has 0 saturated carbocycles. The molecule has 0 amide bonds. The number of rotatable bonds is 2. The number of benzene rings is 1. The molecule has 2 aliphatic rings. The van der Waals surface area contributed by atoms with E-state index >= 15 is 0 Å².